The molecule has 0 bridgehead atoms. The van der Waals surface area contributed by atoms with Crippen molar-refractivity contribution < 1.29 is 13.6 Å². The summed E-state index contributed by atoms with van der Waals surface area (Å²) in [6.07, 6.45) is 0.716. The zero-order chi connectivity index (χ0) is 20.1. The lowest BCUT2D eigenvalue weighted by atomic mass is 10.0. The smallest absolute Gasteiger partial charge is 0.267 e. The number of halogens is 1. The van der Waals surface area contributed by atoms with E-state index in [0.29, 0.717) is 27.0 Å². The van der Waals surface area contributed by atoms with Crippen LogP contribution >= 0.6 is 22.9 Å². The molecule has 1 aromatic heterocycles. The van der Waals surface area contributed by atoms with Crippen LogP contribution in [0.4, 0.5) is 10.7 Å². The Hall–Kier alpha value is -2.19. The van der Waals surface area contributed by atoms with Gasteiger partial charge in [0.2, 0.25) is 0 Å². The van der Waals surface area contributed by atoms with Gasteiger partial charge in [-0.1, -0.05) is 61.0 Å². The zero-order valence-corrected chi connectivity index (χ0v) is 17.4. The molecule has 2 N–H and O–H groups in total. The van der Waals surface area contributed by atoms with Crippen molar-refractivity contribution in [2.45, 2.75) is 19.4 Å². The molecule has 0 aliphatic heterocycles. The van der Waals surface area contributed by atoms with Crippen molar-refractivity contribution in [3.63, 3.8) is 0 Å². The van der Waals surface area contributed by atoms with Crippen molar-refractivity contribution in [1.29, 1.82) is 0 Å². The van der Waals surface area contributed by atoms with Crippen LogP contribution in [0.3, 0.4) is 0 Å². The van der Waals surface area contributed by atoms with Crippen LogP contribution in [-0.4, -0.2) is 14.7 Å². The molecule has 2 unspecified atom stereocenters. The normalized spacial score (nSPS) is 13.0. The maximum atomic E-state index is 13.0. The molecule has 3 rings (SSSR count). The van der Waals surface area contributed by atoms with Gasteiger partial charge < -0.3 is 5.32 Å². The molecule has 0 aliphatic carbocycles. The number of hydrogen-bond donors (Lipinski definition) is 2. The maximum absolute atomic E-state index is 13.0. The average Bonchev–Trinajstić information content (AvgIpc) is 3.12. The predicted octanol–water partition coefficient (Wildman–Crippen LogP) is 5.56. The van der Waals surface area contributed by atoms with Gasteiger partial charge in [-0.2, -0.15) is 0 Å². The fourth-order valence-corrected chi connectivity index (χ4v) is 4.68. The molecule has 0 aliphatic rings. The van der Waals surface area contributed by atoms with Gasteiger partial charge in [0.05, 0.1) is 21.6 Å². The number of carbonyl (C=O) groups is 1. The highest BCUT2D eigenvalue weighted by Crippen LogP contribution is 2.37. The summed E-state index contributed by atoms with van der Waals surface area (Å²) < 4.78 is 23.6. The molecule has 0 saturated carbocycles. The molecule has 8 heteroatoms. The molecular formula is C20H19ClN2O3S2. The van der Waals surface area contributed by atoms with Gasteiger partial charge in [0, 0.05) is 0 Å². The van der Waals surface area contributed by atoms with Gasteiger partial charge in [0.1, 0.15) is 5.00 Å². The van der Waals surface area contributed by atoms with E-state index in [1.54, 1.807) is 36.4 Å². The summed E-state index contributed by atoms with van der Waals surface area (Å²) in [5, 5.41) is 3.49. The highest BCUT2D eigenvalue weighted by molar-refractivity contribution is 7.81. The van der Waals surface area contributed by atoms with Gasteiger partial charge in [-0.15, -0.1) is 11.3 Å². The number of benzene rings is 2. The summed E-state index contributed by atoms with van der Waals surface area (Å²) in [5.74, 6) is -0.315. The quantitative estimate of drug-likeness (QED) is 0.478. The van der Waals surface area contributed by atoms with Crippen molar-refractivity contribution in [3.05, 3.63) is 82.2 Å². The van der Waals surface area contributed by atoms with E-state index in [1.165, 1.54) is 4.31 Å². The average molecular weight is 435 g/mol. The Bertz CT molecular complexity index is 978. The number of carbonyl (C=O) groups excluding carboxylic acids is 1. The van der Waals surface area contributed by atoms with Crippen LogP contribution in [0.25, 0.3) is 0 Å². The Balaban J connectivity index is 1.94. The van der Waals surface area contributed by atoms with E-state index >= 15 is 0 Å². The fraction of sp³-hybridized carbons (Fsp3) is 0.150. The molecule has 3 aromatic rings. The zero-order valence-electron chi connectivity index (χ0n) is 15.0. The highest BCUT2D eigenvalue weighted by Gasteiger charge is 2.24. The molecule has 2 aromatic carbocycles. The lowest BCUT2D eigenvalue weighted by molar-refractivity contribution is 0.0936. The van der Waals surface area contributed by atoms with Gasteiger partial charge in [-0.05, 0) is 36.2 Å². The predicted molar refractivity (Wildman–Crippen MR) is 116 cm³/mol. The summed E-state index contributed by atoms with van der Waals surface area (Å²) in [7, 11) is 0. The second kappa shape index (κ2) is 9.34. The molecule has 0 fully saturated rings. The minimum absolute atomic E-state index is 0.161. The Morgan fingerprint density at radius 3 is 2.43 bits per heavy atom. The second-order valence-corrected chi connectivity index (χ2v) is 8.49. The summed E-state index contributed by atoms with van der Waals surface area (Å²) in [5.41, 5.74) is 1.65. The summed E-state index contributed by atoms with van der Waals surface area (Å²) in [6, 6.07) is 19.5. The molecule has 1 amide bonds. The standard InChI is InChI=1S/C20H19ClN2O3S2/c1-2-16(14-8-4-3-5-9-14)22-20(24)15-10-6-7-11-17(15)23(28(25)26)19-13-12-18(21)27-19/h3-13,16H,2H2,1H3,(H,22,24)(H,25,26). The third-order valence-corrected chi connectivity index (χ3v) is 6.24. The largest absolute Gasteiger partial charge is 0.345 e. The first-order chi connectivity index (χ1) is 13.5. The van der Waals surface area contributed by atoms with Crippen molar-refractivity contribution in [2.24, 2.45) is 0 Å². The lowest BCUT2D eigenvalue weighted by Gasteiger charge is -2.23. The molecule has 5 nitrogen and oxygen atoms in total. The Morgan fingerprint density at radius 2 is 1.82 bits per heavy atom. The van der Waals surface area contributed by atoms with E-state index in [9.17, 15) is 13.6 Å². The SMILES string of the molecule is CCC(NC(=O)c1ccccc1N(c1ccc(Cl)s1)S(=O)O)c1ccccc1. The van der Waals surface area contributed by atoms with Crippen LogP contribution in [0.2, 0.25) is 4.34 Å². The topological polar surface area (TPSA) is 69.6 Å². The van der Waals surface area contributed by atoms with E-state index in [0.717, 1.165) is 16.9 Å². The van der Waals surface area contributed by atoms with Crippen molar-refractivity contribution in [2.75, 3.05) is 4.31 Å². The third kappa shape index (κ3) is 4.62. The van der Waals surface area contributed by atoms with Crippen LogP contribution in [-0.2, 0) is 11.3 Å². The summed E-state index contributed by atoms with van der Waals surface area (Å²) >= 11 is 4.78. The number of thiophene rings is 1. The molecule has 1 heterocycles. The molecule has 0 saturated heterocycles. The maximum Gasteiger partial charge on any atom is 0.267 e. The first-order valence-electron chi connectivity index (χ1n) is 8.62. The minimum Gasteiger partial charge on any atom is -0.345 e. The Morgan fingerprint density at radius 1 is 1.14 bits per heavy atom. The number of nitrogens with one attached hydrogen (secondary N) is 1. The minimum atomic E-state index is -2.36. The number of hydrogen-bond acceptors (Lipinski definition) is 3. The van der Waals surface area contributed by atoms with Crippen molar-refractivity contribution >= 4 is 50.8 Å². The first-order valence-corrected chi connectivity index (χ1v) is 10.9. The second-order valence-electron chi connectivity index (χ2n) is 5.96. The van der Waals surface area contributed by atoms with Crippen LogP contribution in [0.15, 0.2) is 66.7 Å². The van der Waals surface area contributed by atoms with Crippen LogP contribution < -0.4 is 9.62 Å². The van der Waals surface area contributed by atoms with Crippen LogP contribution in [0, 0.1) is 0 Å². The highest BCUT2D eigenvalue weighted by atomic mass is 35.5. The number of rotatable bonds is 7. The molecule has 0 radical (unpaired) electrons. The van der Waals surface area contributed by atoms with Gasteiger partial charge in [-0.25, -0.2) is 8.51 Å². The first kappa shape index (κ1) is 20.5. The van der Waals surface area contributed by atoms with E-state index in [2.05, 4.69) is 5.32 Å². The van der Waals surface area contributed by atoms with Gasteiger partial charge in [0.25, 0.3) is 17.2 Å². The number of anilines is 2. The number of nitrogens with zero attached hydrogens (tertiary/aromatic N) is 1. The Kier molecular flexibility index (Phi) is 6.85. The van der Waals surface area contributed by atoms with Crippen molar-refractivity contribution in [3.8, 4) is 0 Å². The van der Waals surface area contributed by atoms with E-state index in [-0.39, 0.29) is 11.9 Å². The summed E-state index contributed by atoms with van der Waals surface area (Å²) in [6.45, 7) is 1.99. The van der Waals surface area contributed by atoms with Gasteiger partial charge in [0.15, 0.2) is 0 Å². The van der Waals surface area contributed by atoms with E-state index < -0.39 is 11.3 Å². The van der Waals surface area contributed by atoms with E-state index in [4.69, 9.17) is 11.6 Å². The third-order valence-electron chi connectivity index (χ3n) is 4.20. The van der Waals surface area contributed by atoms with Crippen LogP contribution in [0.1, 0.15) is 35.3 Å². The van der Waals surface area contributed by atoms with Crippen molar-refractivity contribution in [1.82, 2.24) is 5.32 Å². The number of para-hydroxylation sites is 1. The molecule has 2 atom stereocenters. The summed E-state index contributed by atoms with van der Waals surface area (Å²) in [4.78, 5) is 13.0. The molecular weight excluding hydrogens is 416 g/mol. The van der Waals surface area contributed by atoms with E-state index in [1.807, 2.05) is 37.3 Å². The van der Waals surface area contributed by atoms with Gasteiger partial charge >= 0.3 is 0 Å². The molecule has 146 valence electrons. The fourth-order valence-electron chi connectivity index (χ4n) is 2.88. The lowest BCUT2D eigenvalue weighted by Crippen LogP contribution is -2.30. The van der Waals surface area contributed by atoms with Gasteiger partial charge in [-0.3, -0.25) is 9.35 Å². The number of amides is 1. The monoisotopic (exact) mass is 434 g/mol. The van der Waals surface area contributed by atoms with Crippen LogP contribution in [0.5, 0.6) is 0 Å². The Labute approximate surface area is 175 Å². The molecule has 0 spiro atoms. The molecule has 28 heavy (non-hydrogen) atoms.